The third kappa shape index (κ3) is 5.01. The first-order valence-electron chi connectivity index (χ1n) is 7.23. The Balaban J connectivity index is 1.85. The second kappa shape index (κ2) is 7.99. The van der Waals surface area contributed by atoms with Gasteiger partial charge in [-0.2, -0.15) is 0 Å². The van der Waals surface area contributed by atoms with E-state index >= 15 is 0 Å². The summed E-state index contributed by atoms with van der Waals surface area (Å²) in [4.78, 5) is 12.3. The number of halogens is 1. The molecule has 21 heavy (non-hydrogen) atoms. The van der Waals surface area contributed by atoms with Crippen LogP contribution in [0.2, 0.25) is 0 Å². The van der Waals surface area contributed by atoms with E-state index in [0.29, 0.717) is 6.42 Å². The first-order chi connectivity index (χ1) is 10.2. The molecule has 0 aliphatic rings. The molecule has 0 aliphatic heterocycles. The summed E-state index contributed by atoms with van der Waals surface area (Å²) in [7, 11) is 0. The van der Waals surface area contributed by atoms with E-state index in [1.807, 2.05) is 42.5 Å². The van der Waals surface area contributed by atoms with Crippen molar-refractivity contribution in [3.05, 3.63) is 65.7 Å². The number of carbonyl (C=O) groups excluding carboxylic acids is 1. The summed E-state index contributed by atoms with van der Waals surface area (Å²) in [5.41, 5.74) is 3.28. The number of anilines is 1. The van der Waals surface area contributed by atoms with Crippen LogP contribution in [0, 0.1) is 0 Å². The van der Waals surface area contributed by atoms with E-state index in [-0.39, 0.29) is 10.7 Å². The average molecular weight is 346 g/mol. The maximum Gasteiger partial charge on any atom is 0.224 e. The van der Waals surface area contributed by atoms with Crippen LogP contribution in [0.3, 0.4) is 0 Å². The molecule has 0 heterocycles. The molecule has 2 aromatic rings. The van der Waals surface area contributed by atoms with Crippen LogP contribution in [-0.4, -0.2) is 5.91 Å². The minimum atomic E-state index is 0.0755. The molecule has 3 heteroatoms. The molecule has 0 saturated carbocycles. The normalized spacial score (nSPS) is 11.9. The number of benzene rings is 2. The van der Waals surface area contributed by atoms with Gasteiger partial charge in [0.2, 0.25) is 5.91 Å². The summed E-state index contributed by atoms with van der Waals surface area (Å²) in [6.07, 6.45) is 2.34. The van der Waals surface area contributed by atoms with Crippen LogP contribution in [0.25, 0.3) is 0 Å². The summed E-state index contributed by atoms with van der Waals surface area (Å²) in [6.45, 7) is 2.06. The van der Waals surface area contributed by atoms with Crippen molar-refractivity contribution < 1.29 is 4.79 Å². The first kappa shape index (κ1) is 15.8. The number of para-hydroxylation sites is 1. The lowest BCUT2D eigenvalue weighted by Crippen LogP contribution is -2.13. The third-order valence-corrected chi connectivity index (χ3v) is 3.87. The Kier molecular flexibility index (Phi) is 6.00. The van der Waals surface area contributed by atoms with Crippen LogP contribution in [0.15, 0.2) is 54.6 Å². The van der Waals surface area contributed by atoms with Crippen LogP contribution < -0.4 is 5.32 Å². The third-order valence-electron chi connectivity index (χ3n) is 3.38. The molecule has 1 amide bonds. The molecule has 2 rings (SSSR count). The van der Waals surface area contributed by atoms with Gasteiger partial charge < -0.3 is 5.32 Å². The number of hydrogen-bond acceptors (Lipinski definition) is 1. The topological polar surface area (TPSA) is 29.1 Å². The molecule has 0 aromatic heterocycles. The van der Waals surface area contributed by atoms with Gasteiger partial charge in [0.15, 0.2) is 0 Å². The number of amides is 1. The zero-order chi connectivity index (χ0) is 15.1. The minimum Gasteiger partial charge on any atom is -0.326 e. The Labute approximate surface area is 134 Å². The Bertz CT molecular complexity index is 581. The molecule has 0 bridgehead atoms. The maximum absolute atomic E-state index is 12.1. The van der Waals surface area contributed by atoms with Crippen molar-refractivity contribution in [1.29, 1.82) is 0 Å². The number of alkyl halides is 1. The van der Waals surface area contributed by atoms with Gasteiger partial charge in [-0.25, -0.2) is 0 Å². The zero-order valence-electron chi connectivity index (χ0n) is 12.2. The molecule has 1 atom stereocenters. The van der Waals surface area contributed by atoms with Crippen LogP contribution >= 0.6 is 15.9 Å². The van der Waals surface area contributed by atoms with Gasteiger partial charge in [-0.05, 0) is 37.0 Å². The van der Waals surface area contributed by atoms with E-state index in [1.54, 1.807) is 0 Å². The lowest BCUT2D eigenvalue weighted by Gasteiger charge is -2.12. The van der Waals surface area contributed by atoms with Crippen molar-refractivity contribution in [2.75, 3.05) is 5.32 Å². The highest BCUT2D eigenvalue weighted by Crippen LogP contribution is 2.28. The van der Waals surface area contributed by atoms with Gasteiger partial charge in [0.05, 0.1) is 0 Å². The van der Waals surface area contributed by atoms with Crippen LogP contribution in [0.5, 0.6) is 0 Å². The summed E-state index contributed by atoms with van der Waals surface area (Å²) in [5.74, 6) is 0.0755. The highest BCUT2D eigenvalue weighted by Gasteiger charge is 2.09. The van der Waals surface area contributed by atoms with Crippen molar-refractivity contribution in [2.45, 2.75) is 31.0 Å². The molecule has 0 fully saturated rings. The Morgan fingerprint density at radius 3 is 2.48 bits per heavy atom. The molecule has 2 aromatic carbocycles. The predicted octanol–water partition coefficient (Wildman–Crippen LogP) is 5.10. The molecule has 0 radical (unpaired) electrons. The van der Waals surface area contributed by atoms with Crippen LogP contribution in [0.1, 0.15) is 35.7 Å². The summed E-state index contributed by atoms with van der Waals surface area (Å²) in [6, 6.07) is 18.2. The SMILES string of the molecule is CC(Br)c1ccccc1NC(=O)CCCc1ccccc1. The number of rotatable bonds is 6. The van der Waals surface area contributed by atoms with Crippen molar-refractivity contribution in [3.8, 4) is 0 Å². The van der Waals surface area contributed by atoms with Gasteiger partial charge in [0.25, 0.3) is 0 Å². The zero-order valence-corrected chi connectivity index (χ0v) is 13.8. The number of aryl methyl sites for hydroxylation is 1. The molecule has 0 aliphatic carbocycles. The van der Waals surface area contributed by atoms with Gasteiger partial charge in [0, 0.05) is 16.9 Å². The standard InChI is InChI=1S/C18H20BrNO/c1-14(19)16-11-5-6-12-17(16)20-18(21)13-7-10-15-8-3-2-4-9-15/h2-6,8-9,11-12,14H,7,10,13H2,1H3,(H,20,21). The Hall–Kier alpha value is -1.61. The second-order valence-electron chi connectivity index (χ2n) is 5.09. The Morgan fingerprint density at radius 1 is 1.10 bits per heavy atom. The summed E-state index contributed by atoms with van der Waals surface area (Å²) < 4.78 is 0. The molecule has 1 N–H and O–H groups in total. The van der Waals surface area contributed by atoms with Crippen LogP contribution in [0.4, 0.5) is 5.69 Å². The monoisotopic (exact) mass is 345 g/mol. The van der Waals surface area contributed by atoms with Gasteiger partial charge in [0.1, 0.15) is 0 Å². The van der Waals surface area contributed by atoms with Crippen molar-refractivity contribution in [1.82, 2.24) is 0 Å². The number of nitrogens with one attached hydrogen (secondary N) is 1. The molecule has 110 valence electrons. The van der Waals surface area contributed by atoms with Crippen LogP contribution in [-0.2, 0) is 11.2 Å². The fourth-order valence-corrected chi connectivity index (χ4v) is 2.67. The van der Waals surface area contributed by atoms with Crippen molar-refractivity contribution in [2.24, 2.45) is 0 Å². The molecule has 1 unspecified atom stereocenters. The molecule has 2 nitrogen and oxygen atoms in total. The van der Waals surface area contributed by atoms with E-state index in [4.69, 9.17) is 0 Å². The fraction of sp³-hybridized carbons (Fsp3) is 0.278. The molecular weight excluding hydrogens is 326 g/mol. The van der Waals surface area contributed by atoms with Gasteiger partial charge in [-0.3, -0.25) is 4.79 Å². The number of carbonyl (C=O) groups is 1. The number of hydrogen-bond donors (Lipinski definition) is 1. The lowest BCUT2D eigenvalue weighted by molar-refractivity contribution is -0.116. The quantitative estimate of drug-likeness (QED) is 0.724. The van der Waals surface area contributed by atoms with E-state index in [9.17, 15) is 4.79 Å². The average Bonchev–Trinajstić information content (AvgIpc) is 2.48. The highest BCUT2D eigenvalue weighted by atomic mass is 79.9. The van der Waals surface area contributed by atoms with E-state index in [1.165, 1.54) is 5.56 Å². The van der Waals surface area contributed by atoms with Gasteiger partial charge in [-0.1, -0.05) is 64.5 Å². The van der Waals surface area contributed by atoms with Gasteiger partial charge >= 0.3 is 0 Å². The lowest BCUT2D eigenvalue weighted by atomic mass is 10.1. The summed E-state index contributed by atoms with van der Waals surface area (Å²) in [5, 5.41) is 3.01. The predicted molar refractivity (Wildman–Crippen MR) is 91.8 cm³/mol. The molecular formula is C18H20BrNO. The van der Waals surface area contributed by atoms with Gasteiger partial charge in [-0.15, -0.1) is 0 Å². The summed E-state index contributed by atoms with van der Waals surface area (Å²) >= 11 is 3.56. The second-order valence-corrected chi connectivity index (χ2v) is 6.46. The van der Waals surface area contributed by atoms with E-state index in [2.05, 4.69) is 40.3 Å². The minimum absolute atomic E-state index is 0.0755. The molecule has 0 spiro atoms. The Morgan fingerprint density at radius 2 is 1.76 bits per heavy atom. The van der Waals surface area contributed by atoms with Crippen molar-refractivity contribution >= 4 is 27.5 Å². The maximum atomic E-state index is 12.1. The fourth-order valence-electron chi connectivity index (χ4n) is 2.27. The smallest absolute Gasteiger partial charge is 0.224 e. The first-order valence-corrected chi connectivity index (χ1v) is 8.15. The van der Waals surface area contributed by atoms with Crippen molar-refractivity contribution in [3.63, 3.8) is 0 Å². The van der Waals surface area contributed by atoms with E-state index < -0.39 is 0 Å². The van der Waals surface area contributed by atoms with E-state index in [0.717, 1.165) is 24.1 Å². The highest BCUT2D eigenvalue weighted by molar-refractivity contribution is 9.09. The largest absolute Gasteiger partial charge is 0.326 e. The molecule has 0 saturated heterocycles.